The normalized spacial score (nSPS) is 19.1. The number of likely N-dealkylation sites (tertiary alicyclic amines) is 1. The zero-order valence-electron chi connectivity index (χ0n) is 17.3. The first-order valence-corrected chi connectivity index (χ1v) is 10.9. The van der Waals surface area contributed by atoms with E-state index in [9.17, 15) is 9.18 Å². The lowest BCUT2D eigenvalue weighted by atomic mass is 9.91. The van der Waals surface area contributed by atoms with Crippen molar-refractivity contribution in [3.8, 4) is 11.3 Å². The molecule has 4 heterocycles. The van der Waals surface area contributed by atoms with Gasteiger partial charge in [-0.2, -0.15) is 5.10 Å². The minimum atomic E-state index is -0.479. The number of rotatable bonds is 4. The highest BCUT2D eigenvalue weighted by atomic mass is 19.1. The number of aromatic nitrogens is 4. The van der Waals surface area contributed by atoms with Gasteiger partial charge in [0.25, 0.3) is 5.91 Å². The van der Waals surface area contributed by atoms with Crippen molar-refractivity contribution in [2.45, 2.75) is 31.6 Å². The third kappa shape index (κ3) is 3.89. The van der Waals surface area contributed by atoms with Gasteiger partial charge in [0.2, 0.25) is 5.95 Å². The van der Waals surface area contributed by atoms with Crippen molar-refractivity contribution >= 4 is 11.9 Å². The predicted octanol–water partition coefficient (Wildman–Crippen LogP) is 3.63. The Morgan fingerprint density at radius 2 is 1.94 bits per heavy atom. The molecular formula is C23H25FN6O. The van der Waals surface area contributed by atoms with Crippen LogP contribution in [0.2, 0.25) is 0 Å². The van der Waals surface area contributed by atoms with Crippen LogP contribution in [0.25, 0.3) is 11.3 Å². The Morgan fingerprint density at radius 3 is 2.77 bits per heavy atom. The van der Waals surface area contributed by atoms with E-state index < -0.39 is 5.82 Å². The summed E-state index contributed by atoms with van der Waals surface area (Å²) in [6.07, 6.45) is 7.70. The number of H-pyrrole nitrogens is 1. The fraction of sp³-hybridized carbons (Fsp3) is 0.391. The maximum Gasteiger partial charge on any atom is 0.256 e. The number of benzene rings is 1. The molecule has 31 heavy (non-hydrogen) atoms. The summed E-state index contributed by atoms with van der Waals surface area (Å²) in [6.45, 7) is 3.11. The molecule has 1 atom stereocenters. The number of hydrogen-bond donors (Lipinski definition) is 1. The van der Waals surface area contributed by atoms with Gasteiger partial charge in [-0.15, -0.1) is 0 Å². The van der Waals surface area contributed by atoms with Gasteiger partial charge in [0.05, 0.1) is 17.5 Å². The van der Waals surface area contributed by atoms with Crippen LogP contribution in [0.5, 0.6) is 0 Å². The quantitative estimate of drug-likeness (QED) is 0.697. The molecule has 0 saturated carbocycles. The Hall–Kier alpha value is -3.29. The van der Waals surface area contributed by atoms with Crippen LogP contribution in [-0.4, -0.2) is 57.2 Å². The topological polar surface area (TPSA) is 78.0 Å². The van der Waals surface area contributed by atoms with Crippen LogP contribution in [-0.2, 0) is 0 Å². The molecule has 160 valence electrons. The molecule has 1 amide bonds. The van der Waals surface area contributed by atoms with Crippen molar-refractivity contribution in [2.24, 2.45) is 0 Å². The largest absolute Gasteiger partial charge is 0.341 e. The second-order valence-electron chi connectivity index (χ2n) is 8.20. The summed E-state index contributed by atoms with van der Waals surface area (Å²) in [5, 5.41) is 7.42. The number of aromatic amines is 1. The number of carbonyl (C=O) groups excluding carboxylic acids is 1. The van der Waals surface area contributed by atoms with E-state index in [-0.39, 0.29) is 17.4 Å². The molecule has 5 rings (SSSR count). The van der Waals surface area contributed by atoms with Crippen LogP contribution in [0.1, 0.15) is 47.7 Å². The molecule has 2 aromatic heterocycles. The van der Waals surface area contributed by atoms with Crippen molar-refractivity contribution in [1.29, 1.82) is 0 Å². The summed E-state index contributed by atoms with van der Waals surface area (Å²) in [7, 11) is 0. The molecule has 0 bridgehead atoms. The zero-order valence-corrected chi connectivity index (χ0v) is 17.3. The summed E-state index contributed by atoms with van der Waals surface area (Å²) < 4.78 is 14.1. The Labute approximate surface area is 180 Å². The van der Waals surface area contributed by atoms with Crippen molar-refractivity contribution in [3.63, 3.8) is 0 Å². The molecule has 2 saturated heterocycles. The number of nitrogens with zero attached hydrogens (tertiary/aromatic N) is 5. The van der Waals surface area contributed by atoms with Crippen LogP contribution >= 0.6 is 0 Å². The van der Waals surface area contributed by atoms with E-state index in [1.807, 2.05) is 6.07 Å². The fourth-order valence-electron chi connectivity index (χ4n) is 4.58. The molecule has 1 aromatic carbocycles. The molecule has 0 spiro atoms. The Balaban J connectivity index is 1.38. The van der Waals surface area contributed by atoms with Crippen molar-refractivity contribution < 1.29 is 9.18 Å². The highest BCUT2D eigenvalue weighted by molar-refractivity contribution is 5.94. The van der Waals surface area contributed by atoms with Gasteiger partial charge in [-0.25, -0.2) is 14.4 Å². The van der Waals surface area contributed by atoms with E-state index in [0.29, 0.717) is 13.1 Å². The first-order valence-electron chi connectivity index (χ1n) is 10.9. The Morgan fingerprint density at radius 1 is 1.10 bits per heavy atom. The zero-order chi connectivity index (χ0) is 21.2. The lowest BCUT2D eigenvalue weighted by Crippen LogP contribution is -2.39. The average molecular weight is 420 g/mol. The third-order valence-electron chi connectivity index (χ3n) is 6.20. The molecule has 2 aliphatic heterocycles. The first-order chi connectivity index (χ1) is 15.2. The molecular weight excluding hydrogens is 395 g/mol. The molecule has 2 fully saturated rings. The standard InChI is InChI=1S/C23H25FN6O/c24-19-8-2-1-7-17(19)22(31)30-13-5-6-16(15-30)21-18(14-26-28-21)20-9-10-25-23(27-20)29-11-3-4-12-29/h1-2,7-10,14,16H,3-6,11-13,15H2,(H,26,28)/t16-/m1/s1. The first kappa shape index (κ1) is 19.7. The molecule has 0 unspecified atom stereocenters. The van der Waals surface area contributed by atoms with Crippen LogP contribution in [0.3, 0.4) is 0 Å². The summed E-state index contributed by atoms with van der Waals surface area (Å²) in [4.78, 5) is 26.1. The van der Waals surface area contributed by atoms with Crippen molar-refractivity contribution in [2.75, 3.05) is 31.1 Å². The number of hydrogen-bond acceptors (Lipinski definition) is 5. The Bertz CT molecular complexity index is 1080. The summed E-state index contributed by atoms with van der Waals surface area (Å²) >= 11 is 0. The molecule has 3 aromatic rings. The smallest absolute Gasteiger partial charge is 0.256 e. The van der Waals surface area contributed by atoms with Crippen molar-refractivity contribution in [1.82, 2.24) is 25.1 Å². The SMILES string of the molecule is O=C(c1ccccc1F)N1CCC[C@@H](c2[nH]ncc2-c2ccnc(N3CCCC3)n2)C1. The number of piperidine rings is 1. The molecule has 8 heteroatoms. The van der Waals surface area contributed by atoms with Crippen LogP contribution in [0.4, 0.5) is 10.3 Å². The van der Waals surface area contributed by atoms with Gasteiger partial charge in [0, 0.05) is 49.6 Å². The maximum absolute atomic E-state index is 14.1. The van der Waals surface area contributed by atoms with E-state index in [4.69, 9.17) is 4.98 Å². The van der Waals surface area contributed by atoms with Crippen LogP contribution in [0, 0.1) is 5.82 Å². The van der Waals surface area contributed by atoms with Gasteiger partial charge in [-0.3, -0.25) is 9.89 Å². The van der Waals surface area contributed by atoms with E-state index >= 15 is 0 Å². The maximum atomic E-state index is 14.1. The van der Waals surface area contributed by atoms with E-state index in [1.54, 1.807) is 35.5 Å². The minimum Gasteiger partial charge on any atom is -0.341 e. The predicted molar refractivity (Wildman–Crippen MR) is 115 cm³/mol. The Kier molecular flexibility index (Phi) is 5.36. The molecule has 2 aliphatic rings. The van der Waals surface area contributed by atoms with Gasteiger partial charge >= 0.3 is 0 Å². The van der Waals surface area contributed by atoms with E-state index in [0.717, 1.165) is 48.8 Å². The van der Waals surface area contributed by atoms with E-state index in [2.05, 4.69) is 20.1 Å². The lowest BCUT2D eigenvalue weighted by Gasteiger charge is -2.33. The van der Waals surface area contributed by atoms with Gasteiger partial charge in [0.15, 0.2) is 0 Å². The summed E-state index contributed by atoms with van der Waals surface area (Å²) in [6, 6.07) is 8.06. The van der Waals surface area contributed by atoms with Crippen LogP contribution in [0.15, 0.2) is 42.7 Å². The fourth-order valence-corrected chi connectivity index (χ4v) is 4.58. The van der Waals surface area contributed by atoms with Gasteiger partial charge in [-0.05, 0) is 43.9 Å². The van der Waals surface area contributed by atoms with E-state index in [1.165, 1.54) is 18.9 Å². The number of carbonyl (C=O) groups is 1. The average Bonchev–Trinajstić information content (AvgIpc) is 3.52. The number of amides is 1. The number of anilines is 1. The lowest BCUT2D eigenvalue weighted by molar-refractivity contribution is 0.0701. The summed E-state index contributed by atoms with van der Waals surface area (Å²) in [5.41, 5.74) is 2.86. The highest BCUT2D eigenvalue weighted by Crippen LogP contribution is 2.33. The second-order valence-corrected chi connectivity index (χ2v) is 8.20. The van der Waals surface area contributed by atoms with Gasteiger partial charge < -0.3 is 9.80 Å². The summed E-state index contributed by atoms with van der Waals surface area (Å²) in [5.74, 6) is 0.101. The number of halogens is 1. The molecule has 0 aliphatic carbocycles. The minimum absolute atomic E-state index is 0.0900. The highest BCUT2D eigenvalue weighted by Gasteiger charge is 2.29. The van der Waals surface area contributed by atoms with Gasteiger partial charge in [0.1, 0.15) is 5.82 Å². The van der Waals surface area contributed by atoms with Crippen LogP contribution < -0.4 is 4.90 Å². The molecule has 0 radical (unpaired) electrons. The monoisotopic (exact) mass is 420 g/mol. The molecule has 1 N–H and O–H groups in total. The number of nitrogens with one attached hydrogen (secondary N) is 1. The second kappa shape index (κ2) is 8.45. The van der Waals surface area contributed by atoms with Crippen molar-refractivity contribution in [3.05, 3.63) is 59.8 Å². The third-order valence-corrected chi connectivity index (χ3v) is 6.20. The van der Waals surface area contributed by atoms with Gasteiger partial charge in [-0.1, -0.05) is 12.1 Å². The molecule has 7 nitrogen and oxygen atoms in total.